The Bertz CT molecular complexity index is 286. The fraction of sp³-hybridized carbons (Fsp3) is 0.800. The number of aromatic nitrogens is 3. The maximum absolute atomic E-state index is 9.65. The lowest BCUT2D eigenvalue weighted by Crippen LogP contribution is -2.21. The van der Waals surface area contributed by atoms with Gasteiger partial charge in [0.2, 0.25) is 0 Å². The first kappa shape index (κ1) is 12.1. The molecule has 0 aromatic carbocycles. The topological polar surface area (TPSA) is 60.2 Å². The van der Waals surface area contributed by atoms with Crippen molar-refractivity contribution in [1.29, 1.82) is 0 Å². The van der Waals surface area contributed by atoms with E-state index in [0.29, 0.717) is 19.6 Å². The standard InChI is InChI=1S/C10H19N3O2/c1-4-15-6-9(14)5-10-11-7-12-13(10)8(2)3/h7-9,14H,4-6H2,1-3H3. The molecule has 0 fully saturated rings. The van der Waals surface area contributed by atoms with Gasteiger partial charge < -0.3 is 9.84 Å². The molecule has 15 heavy (non-hydrogen) atoms. The van der Waals surface area contributed by atoms with Crippen LogP contribution in [0.25, 0.3) is 0 Å². The van der Waals surface area contributed by atoms with Gasteiger partial charge in [-0.25, -0.2) is 9.67 Å². The molecule has 1 aromatic rings. The third-order valence-electron chi connectivity index (χ3n) is 2.07. The number of aliphatic hydroxyl groups excluding tert-OH is 1. The number of aliphatic hydroxyl groups is 1. The first-order valence-electron chi connectivity index (χ1n) is 5.29. The molecular weight excluding hydrogens is 194 g/mol. The fourth-order valence-corrected chi connectivity index (χ4v) is 1.38. The van der Waals surface area contributed by atoms with E-state index < -0.39 is 6.10 Å². The van der Waals surface area contributed by atoms with Gasteiger partial charge in [-0.15, -0.1) is 0 Å². The summed E-state index contributed by atoms with van der Waals surface area (Å²) in [4.78, 5) is 4.12. The summed E-state index contributed by atoms with van der Waals surface area (Å²) < 4.78 is 6.95. The molecule has 0 amide bonds. The Morgan fingerprint density at radius 3 is 2.87 bits per heavy atom. The third kappa shape index (κ3) is 3.60. The van der Waals surface area contributed by atoms with Gasteiger partial charge in [0.1, 0.15) is 12.2 Å². The predicted octanol–water partition coefficient (Wildman–Crippen LogP) is 0.799. The Morgan fingerprint density at radius 1 is 1.53 bits per heavy atom. The van der Waals surface area contributed by atoms with E-state index in [4.69, 9.17) is 4.74 Å². The molecule has 0 spiro atoms. The maximum Gasteiger partial charge on any atom is 0.138 e. The van der Waals surface area contributed by atoms with Crippen LogP contribution in [0.1, 0.15) is 32.6 Å². The first-order chi connectivity index (χ1) is 7.15. The van der Waals surface area contributed by atoms with Crippen LogP contribution in [-0.4, -0.2) is 39.2 Å². The lowest BCUT2D eigenvalue weighted by Gasteiger charge is -2.12. The van der Waals surface area contributed by atoms with Crippen LogP contribution >= 0.6 is 0 Å². The van der Waals surface area contributed by atoms with Crippen LogP contribution in [-0.2, 0) is 11.2 Å². The van der Waals surface area contributed by atoms with E-state index in [0.717, 1.165) is 5.82 Å². The molecule has 0 saturated heterocycles. The molecule has 0 bridgehead atoms. The number of nitrogens with zero attached hydrogens (tertiary/aromatic N) is 3. The normalized spacial score (nSPS) is 13.4. The fourth-order valence-electron chi connectivity index (χ4n) is 1.38. The van der Waals surface area contributed by atoms with Crippen LogP contribution in [0.3, 0.4) is 0 Å². The summed E-state index contributed by atoms with van der Waals surface area (Å²) >= 11 is 0. The summed E-state index contributed by atoms with van der Waals surface area (Å²) in [5.41, 5.74) is 0. The summed E-state index contributed by atoms with van der Waals surface area (Å²) in [6, 6.07) is 0.266. The van der Waals surface area contributed by atoms with Gasteiger partial charge in [0.15, 0.2) is 0 Å². The van der Waals surface area contributed by atoms with Crippen LogP contribution < -0.4 is 0 Å². The molecule has 1 heterocycles. The zero-order valence-corrected chi connectivity index (χ0v) is 9.55. The molecule has 1 N–H and O–H groups in total. The maximum atomic E-state index is 9.65. The van der Waals surface area contributed by atoms with Gasteiger partial charge in [-0.3, -0.25) is 0 Å². The Hall–Kier alpha value is -0.940. The molecule has 5 heteroatoms. The second kappa shape index (κ2) is 5.82. The molecule has 1 rings (SSSR count). The molecule has 1 unspecified atom stereocenters. The van der Waals surface area contributed by atoms with Gasteiger partial charge in [0, 0.05) is 19.1 Å². The van der Waals surface area contributed by atoms with Gasteiger partial charge in [-0.05, 0) is 20.8 Å². The Morgan fingerprint density at radius 2 is 2.27 bits per heavy atom. The number of rotatable bonds is 6. The van der Waals surface area contributed by atoms with Crippen molar-refractivity contribution in [3.63, 3.8) is 0 Å². The smallest absolute Gasteiger partial charge is 0.138 e. The summed E-state index contributed by atoms with van der Waals surface area (Å²) in [6.07, 6.45) is 1.49. The first-order valence-corrected chi connectivity index (χ1v) is 5.29. The average molecular weight is 213 g/mol. The molecule has 0 aliphatic rings. The van der Waals surface area contributed by atoms with Gasteiger partial charge in [-0.2, -0.15) is 5.10 Å². The molecule has 5 nitrogen and oxygen atoms in total. The molecule has 0 radical (unpaired) electrons. The minimum absolute atomic E-state index is 0.266. The van der Waals surface area contributed by atoms with E-state index in [9.17, 15) is 5.11 Å². The summed E-state index contributed by atoms with van der Waals surface area (Å²) in [6.45, 7) is 6.94. The molecular formula is C10H19N3O2. The van der Waals surface area contributed by atoms with Crippen molar-refractivity contribution in [3.05, 3.63) is 12.2 Å². The molecule has 1 aromatic heterocycles. The molecule has 1 atom stereocenters. The Labute approximate surface area is 90.1 Å². The summed E-state index contributed by atoms with van der Waals surface area (Å²) in [7, 11) is 0. The highest BCUT2D eigenvalue weighted by Crippen LogP contribution is 2.07. The summed E-state index contributed by atoms with van der Waals surface area (Å²) in [5.74, 6) is 0.803. The Kier molecular flexibility index (Phi) is 4.71. The largest absolute Gasteiger partial charge is 0.390 e. The van der Waals surface area contributed by atoms with E-state index in [1.54, 1.807) is 0 Å². The highest BCUT2D eigenvalue weighted by Gasteiger charge is 2.12. The van der Waals surface area contributed by atoms with Crippen molar-refractivity contribution in [2.45, 2.75) is 39.3 Å². The lowest BCUT2D eigenvalue weighted by atomic mass is 10.2. The van der Waals surface area contributed by atoms with Crippen LogP contribution in [0.4, 0.5) is 0 Å². The zero-order chi connectivity index (χ0) is 11.3. The van der Waals surface area contributed by atoms with E-state index in [1.807, 2.05) is 25.5 Å². The highest BCUT2D eigenvalue weighted by molar-refractivity contribution is 4.89. The minimum Gasteiger partial charge on any atom is -0.390 e. The van der Waals surface area contributed by atoms with Gasteiger partial charge >= 0.3 is 0 Å². The lowest BCUT2D eigenvalue weighted by molar-refractivity contribution is 0.0413. The van der Waals surface area contributed by atoms with Crippen LogP contribution in [0.15, 0.2) is 6.33 Å². The molecule has 0 aliphatic carbocycles. The highest BCUT2D eigenvalue weighted by atomic mass is 16.5. The number of ether oxygens (including phenoxy) is 1. The number of hydrogen-bond acceptors (Lipinski definition) is 4. The van der Waals surface area contributed by atoms with Crippen LogP contribution in [0.5, 0.6) is 0 Å². The van der Waals surface area contributed by atoms with Crippen molar-refractivity contribution in [1.82, 2.24) is 14.8 Å². The molecule has 86 valence electrons. The average Bonchev–Trinajstić information content (AvgIpc) is 2.62. The zero-order valence-electron chi connectivity index (χ0n) is 9.55. The van der Waals surface area contributed by atoms with Crippen molar-refractivity contribution in [3.8, 4) is 0 Å². The third-order valence-corrected chi connectivity index (χ3v) is 2.07. The second-order valence-corrected chi connectivity index (χ2v) is 3.73. The van der Waals surface area contributed by atoms with E-state index >= 15 is 0 Å². The Balaban J connectivity index is 2.52. The molecule has 0 saturated carbocycles. The SMILES string of the molecule is CCOCC(O)Cc1ncnn1C(C)C. The van der Waals surface area contributed by atoms with Crippen molar-refractivity contribution in [2.24, 2.45) is 0 Å². The van der Waals surface area contributed by atoms with Crippen molar-refractivity contribution in [2.75, 3.05) is 13.2 Å². The van der Waals surface area contributed by atoms with E-state index in [1.165, 1.54) is 6.33 Å². The van der Waals surface area contributed by atoms with E-state index in [-0.39, 0.29) is 6.04 Å². The quantitative estimate of drug-likeness (QED) is 0.759. The van der Waals surface area contributed by atoms with Gasteiger partial charge in [-0.1, -0.05) is 0 Å². The van der Waals surface area contributed by atoms with Crippen molar-refractivity contribution >= 4 is 0 Å². The monoisotopic (exact) mass is 213 g/mol. The molecule has 0 aliphatic heterocycles. The van der Waals surface area contributed by atoms with Crippen LogP contribution in [0, 0.1) is 0 Å². The van der Waals surface area contributed by atoms with Gasteiger partial charge in [0.25, 0.3) is 0 Å². The summed E-state index contributed by atoms with van der Waals surface area (Å²) in [5, 5.41) is 13.8. The van der Waals surface area contributed by atoms with E-state index in [2.05, 4.69) is 10.1 Å². The number of hydrogen-bond donors (Lipinski definition) is 1. The second-order valence-electron chi connectivity index (χ2n) is 3.73. The van der Waals surface area contributed by atoms with Crippen molar-refractivity contribution < 1.29 is 9.84 Å². The van der Waals surface area contributed by atoms with Gasteiger partial charge in [0.05, 0.1) is 12.7 Å². The van der Waals surface area contributed by atoms with Crippen LogP contribution in [0.2, 0.25) is 0 Å². The minimum atomic E-state index is -0.508. The predicted molar refractivity (Wildman–Crippen MR) is 56.6 cm³/mol.